The Bertz CT molecular complexity index is 465. The second-order valence-electron chi connectivity index (χ2n) is 3.67. The number of hydrogen-bond acceptors (Lipinski definition) is 4. The minimum atomic E-state index is -3.58. The highest BCUT2D eigenvalue weighted by Gasteiger charge is 2.16. The Morgan fingerprint density at radius 2 is 2.22 bits per heavy atom. The molecule has 0 fully saturated rings. The number of rotatable bonds is 8. The number of pyridine rings is 1. The van der Waals surface area contributed by atoms with Crippen LogP contribution in [0.3, 0.4) is 0 Å². The van der Waals surface area contributed by atoms with Crippen LogP contribution in [-0.2, 0) is 14.8 Å². The van der Waals surface area contributed by atoms with Crippen molar-refractivity contribution in [3.63, 3.8) is 0 Å². The molecule has 0 unspecified atom stereocenters. The molecular weight excluding hydrogens is 276 g/mol. The van der Waals surface area contributed by atoms with Gasteiger partial charge in [-0.2, -0.15) is 0 Å². The summed E-state index contributed by atoms with van der Waals surface area (Å²) in [6.07, 6.45) is 4.26. The molecule has 0 spiro atoms. The van der Waals surface area contributed by atoms with Gasteiger partial charge in [0.25, 0.3) is 0 Å². The van der Waals surface area contributed by atoms with Gasteiger partial charge in [0, 0.05) is 32.2 Å². The molecule has 0 aliphatic carbocycles. The average Bonchev–Trinajstić information content (AvgIpc) is 2.34. The topological polar surface area (TPSA) is 68.3 Å². The van der Waals surface area contributed by atoms with Crippen molar-refractivity contribution in [3.8, 4) is 0 Å². The van der Waals surface area contributed by atoms with E-state index in [2.05, 4.69) is 9.71 Å². The highest BCUT2D eigenvalue weighted by molar-refractivity contribution is 7.89. The first-order valence-electron chi connectivity index (χ1n) is 5.75. The minimum Gasteiger partial charge on any atom is -0.381 e. The van der Waals surface area contributed by atoms with E-state index in [1.165, 1.54) is 18.5 Å². The van der Waals surface area contributed by atoms with E-state index in [4.69, 9.17) is 16.3 Å². The molecule has 1 rings (SSSR count). The number of sulfonamides is 1. The SMILES string of the molecule is CCCOCCCNS(=O)(=O)c1cnccc1Cl. The third-order valence-electron chi connectivity index (χ3n) is 2.13. The second kappa shape index (κ2) is 7.68. The quantitative estimate of drug-likeness (QED) is 0.742. The van der Waals surface area contributed by atoms with Gasteiger partial charge in [0.15, 0.2) is 0 Å². The predicted molar refractivity (Wildman–Crippen MR) is 70.2 cm³/mol. The van der Waals surface area contributed by atoms with Gasteiger partial charge in [0.1, 0.15) is 4.90 Å². The third kappa shape index (κ3) is 4.89. The first-order chi connectivity index (χ1) is 8.58. The van der Waals surface area contributed by atoms with Crippen LogP contribution in [0.1, 0.15) is 19.8 Å². The van der Waals surface area contributed by atoms with Crippen LogP contribution in [0.4, 0.5) is 0 Å². The van der Waals surface area contributed by atoms with Crippen molar-refractivity contribution in [1.82, 2.24) is 9.71 Å². The molecule has 0 aliphatic heterocycles. The van der Waals surface area contributed by atoms with Crippen LogP contribution < -0.4 is 4.72 Å². The molecule has 102 valence electrons. The van der Waals surface area contributed by atoms with Crippen LogP contribution in [0.25, 0.3) is 0 Å². The van der Waals surface area contributed by atoms with E-state index in [1.54, 1.807) is 0 Å². The number of aromatic nitrogens is 1. The molecule has 0 amide bonds. The van der Waals surface area contributed by atoms with Gasteiger partial charge < -0.3 is 4.74 Å². The lowest BCUT2D eigenvalue weighted by molar-refractivity contribution is 0.133. The van der Waals surface area contributed by atoms with E-state index in [1.807, 2.05) is 6.92 Å². The van der Waals surface area contributed by atoms with E-state index in [-0.39, 0.29) is 9.92 Å². The van der Waals surface area contributed by atoms with Crippen LogP contribution in [-0.4, -0.2) is 33.2 Å². The van der Waals surface area contributed by atoms with Crippen molar-refractivity contribution in [3.05, 3.63) is 23.5 Å². The molecule has 7 heteroatoms. The summed E-state index contributed by atoms with van der Waals surface area (Å²) in [4.78, 5) is 3.75. The van der Waals surface area contributed by atoms with Crippen LogP contribution in [0.2, 0.25) is 5.02 Å². The fraction of sp³-hybridized carbons (Fsp3) is 0.545. The molecule has 0 bridgehead atoms. The average molecular weight is 293 g/mol. The molecule has 5 nitrogen and oxygen atoms in total. The van der Waals surface area contributed by atoms with Crippen LogP contribution in [0.5, 0.6) is 0 Å². The van der Waals surface area contributed by atoms with E-state index in [0.29, 0.717) is 26.2 Å². The molecule has 0 atom stereocenters. The smallest absolute Gasteiger partial charge is 0.243 e. The number of ether oxygens (including phenoxy) is 1. The molecule has 1 heterocycles. The van der Waals surface area contributed by atoms with E-state index < -0.39 is 10.0 Å². The second-order valence-corrected chi connectivity index (χ2v) is 5.81. The fourth-order valence-electron chi connectivity index (χ4n) is 1.27. The predicted octanol–water partition coefficient (Wildman–Crippen LogP) is 1.83. The summed E-state index contributed by atoms with van der Waals surface area (Å²) < 4.78 is 31.4. The molecule has 0 radical (unpaired) electrons. The van der Waals surface area contributed by atoms with E-state index in [9.17, 15) is 8.42 Å². The molecule has 0 aliphatic rings. The molecular formula is C11H17ClN2O3S. The molecule has 0 saturated carbocycles. The van der Waals surface area contributed by atoms with Gasteiger partial charge in [0.2, 0.25) is 10.0 Å². The van der Waals surface area contributed by atoms with Crippen molar-refractivity contribution in [1.29, 1.82) is 0 Å². The lowest BCUT2D eigenvalue weighted by atomic mass is 10.4. The Kier molecular flexibility index (Phi) is 6.56. The van der Waals surface area contributed by atoms with Gasteiger partial charge >= 0.3 is 0 Å². The summed E-state index contributed by atoms with van der Waals surface area (Å²) in [6, 6.07) is 1.44. The summed E-state index contributed by atoms with van der Waals surface area (Å²) in [5, 5.41) is 0.166. The van der Waals surface area contributed by atoms with Gasteiger partial charge in [-0.3, -0.25) is 4.98 Å². The maximum absolute atomic E-state index is 11.9. The summed E-state index contributed by atoms with van der Waals surface area (Å²) in [5.41, 5.74) is 0. The maximum atomic E-state index is 11.9. The van der Waals surface area contributed by atoms with E-state index in [0.717, 1.165) is 6.42 Å². The van der Waals surface area contributed by atoms with Gasteiger partial charge in [-0.1, -0.05) is 18.5 Å². The Hall–Kier alpha value is -0.690. The van der Waals surface area contributed by atoms with Crippen LogP contribution in [0, 0.1) is 0 Å². The Morgan fingerprint density at radius 3 is 2.89 bits per heavy atom. The fourth-order valence-corrected chi connectivity index (χ4v) is 2.77. The van der Waals surface area contributed by atoms with Crippen molar-refractivity contribution in [2.24, 2.45) is 0 Å². The monoisotopic (exact) mass is 292 g/mol. The summed E-state index contributed by atoms with van der Waals surface area (Å²) in [5.74, 6) is 0. The molecule has 1 aromatic heterocycles. The molecule has 18 heavy (non-hydrogen) atoms. The van der Waals surface area contributed by atoms with Crippen LogP contribution >= 0.6 is 11.6 Å². The van der Waals surface area contributed by atoms with Crippen molar-refractivity contribution in [2.75, 3.05) is 19.8 Å². The van der Waals surface area contributed by atoms with Gasteiger partial charge in [0.05, 0.1) is 5.02 Å². The Balaban J connectivity index is 2.44. The Morgan fingerprint density at radius 1 is 1.44 bits per heavy atom. The summed E-state index contributed by atoms with van der Waals surface area (Å²) in [7, 11) is -3.58. The number of nitrogens with zero attached hydrogens (tertiary/aromatic N) is 1. The lowest BCUT2D eigenvalue weighted by Gasteiger charge is -2.07. The first kappa shape index (κ1) is 15.4. The largest absolute Gasteiger partial charge is 0.381 e. The summed E-state index contributed by atoms with van der Waals surface area (Å²) in [6.45, 7) is 3.57. The number of halogens is 1. The summed E-state index contributed by atoms with van der Waals surface area (Å²) >= 11 is 5.81. The van der Waals surface area contributed by atoms with Gasteiger partial charge in [-0.05, 0) is 18.9 Å². The maximum Gasteiger partial charge on any atom is 0.243 e. The zero-order chi connectivity index (χ0) is 13.4. The number of hydrogen-bond donors (Lipinski definition) is 1. The third-order valence-corrected chi connectivity index (χ3v) is 4.06. The van der Waals surface area contributed by atoms with Crippen molar-refractivity contribution in [2.45, 2.75) is 24.7 Å². The lowest BCUT2D eigenvalue weighted by Crippen LogP contribution is -2.26. The zero-order valence-electron chi connectivity index (χ0n) is 10.2. The normalized spacial score (nSPS) is 11.7. The molecule has 1 N–H and O–H groups in total. The van der Waals surface area contributed by atoms with Crippen molar-refractivity contribution < 1.29 is 13.2 Å². The zero-order valence-corrected chi connectivity index (χ0v) is 11.8. The van der Waals surface area contributed by atoms with E-state index >= 15 is 0 Å². The highest BCUT2D eigenvalue weighted by atomic mass is 35.5. The molecule has 1 aromatic rings. The standard InChI is InChI=1S/C11H17ClN2O3S/c1-2-7-17-8-3-5-14-18(15,16)11-9-13-6-4-10(11)12/h4,6,9,14H,2-3,5,7-8H2,1H3. The number of nitrogens with one attached hydrogen (secondary N) is 1. The molecule has 0 saturated heterocycles. The highest BCUT2D eigenvalue weighted by Crippen LogP contribution is 2.18. The molecule has 0 aromatic carbocycles. The minimum absolute atomic E-state index is 0.00106. The van der Waals surface area contributed by atoms with Gasteiger partial charge in [-0.15, -0.1) is 0 Å². The first-order valence-corrected chi connectivity index (χ1v) is 7.61. The Labute approximate surface area is 113 Å². The van der Waals surface area contributed by atoms with Gasteiger partial charge in [-0.25, -0.2) is 13.1 Å². The van der Waals surface area contributed by atoms with Crippen LogP contribution in [0.15, 0.2) is 23.4 Å². The van der Waals surface area contributed by atoms with Crippen molar-refractivity contribution >= 4 is 21.6 Å².